The normalized spacial score (nSPS) is 15.5. The Balaban J connectivity index is 2.10. The highest BCUT2D eigenvalue weighted by molar-refractivity contribution is 5.98. The minimum Gasteiger partial charge on any atom is -0.493 e. The lowest BCUT2D eigenvalue weighted by molar-refractivity contribution is 0.0453. The average molecular weight is 330 g/mol. The first-order valence-electron chi connectivity index (χ1n) is 7.32. The second-order valence-electron chi connectivity index (χ2n) is 5.17. The van der Waals surface area contributed by atoms with E-state index in [2.05, 4.69) is 0 Å². The van der Waals surface area contributed by atoms with E-state index in [9.17, 15) is 4.79 Å². The lowest BCUT2D eigenvalue weighted by Crippen LogP contribution is -2.02. The Kier molecular flexibility index (Phi) is 4.20. The van der Waals surface area contributed by atoms with E-state index in [4.69, 9.17) is 23.7 Å². The van der Waals surface area contributed by atoms with Crippen LogP contribution in [0.4, 0.5) is 0 Å². The number of cyclic esters (lactones) is 1. The molecule has 2 aromatic carbocycles. The van der Waals surface area contributed by atoms with Crippen LogP contribution in [-0.2, 0) is 4.74 Å². The second-order valence-corrected chi connectivity index (χ2v) is 5.17. The van der Waals surface area contributed by atoms with Crippen LogP contribution in [0.15, 0.2) is 30.3 Å². The standard InChI is InChI=1S/C18H18O6/c1-20-12-7-5-10(9-14(12)22-3)16-11-6-8-13(21-2)17(23-4)15(11)18(19)24-16/h5-9,16H,1-4H3. The monoisotopic (exact) mass is 330 g/mol. The second kappa shape index (κ2) is 6.31. The predicted octanol–water partition coefficient (Wildman–Crippen LogP) is 2.98. The smallest absolute Gasteiger partial charge is 0.343 e. The molecule has 1 heterocycles. The Morgan fingerprint density at radius 1 is 0.833 bits per heavy atom. The first-order chi connectivity index (χ1) is 11.6. The third-order valence-corrected chi connectivity index (χ3v) is 4.00. The molecule has 1 unspecified atom stereocenters. The first-order valence-corrected chi connectivity index (χ1v) is 7.32. The molecule has 24 heavy (non-hydrogen) atoms. The molecule has 3 rings (SSSR count). The van der Waals surface area contributed by atoms with Gasteiger partial charge in [0.1, 0.15) is 5.56 Å². The molecule has 1 atom stereocenters. The van der Waals surface area contributed by atoms with E-state index in [1.807, 2.05) is 12.1 Å². The summed E-state index contributed by atoms with van der Waals surface area (Å²) >= 11 is 0. The van der Waals surface area contributed by atoms with Gasteiger partial charge in [-0.2, -0.15) is 0 Å². The summed E-state index contributed by atoms with van der Waals surface area (Å²) in [6.07, 6.45) is -0.535. The van der Waals surface area contributed by atoms with Crippen molar-refractivity contribution in [3.63, 3.8) is 0 Å². The van der Waals surface area contributed by atoms with Crippen molar-refractivity contribution >= 4 is 5.97 Å². The van der Waals surface area contributed by atoms with Crippen LogP contribution in [0.5, 0.6) is 23.0 Å². The fourth-order valence-electron chi connectivity index (χ4n) is 2.86. The Hall–Kier alpha value is -2.89. The lowest BCUT2D eigenvalue weighted by atomic mass is 9.98. The SMILES string of the molecule is COc1ccc(C2OC(=O)c3c2ccc(OC)c3OC)cc1OC. The lowest BCUT2D eigenvalue weighted by Gasteiger charge is -2.15. The molecule has 0 fully saturated rings. The minimum atomic E-state index is -0.535. The number of fused-ring (bicyclic) bond motifs is 1. The zero-order valence-electron chi connectivity index (χ0n) is 13.9. The highest BCUT2D eigenvalue weighted by Crippen LogP contribution is 2.45. The summed E-state index contributed by atoms with van der Waals surface area (Å²) in [7, 11) is 6.15. The molecule has 1 aliphatic heterocycles. The molecule has 0 amide bonds. The van der Waals surface area contributed by atoms with Crippen molar-refractivity contribution in [2.75, 3.05) is 28.4 Å². The Morgan fingerprint density at radius 3 is 2.12 bits per heavy atom. The minimum absolute atomic E-state index is 0.378. The van der Waals surface area contributed by atoms with Crippen LogP contribution in [0.25, 0.3) is 0 Å². The molecule has 126 valence electrons. The topological polar surface area (TPSA) is 63.2 Å². The average Bonchev–Trinajstić information content (AvgIpc) is 2.97. The molecular weight excluding hydrogens is 312 g/mol. The van der Waals surface area contributed by atoms with Gasteiger partial charge in [-0.3, -0.25) is 0 Å². The van der Waals surface area contributed by atoms with Crippen molar-refractivity contribution in [1.82, 2.24) is 0 Å². The third kappa shape index (κ3) is 2.40. The molecule has 0 aliphatic carbocycles. The fraction of sp³-hybridized carbons (Fsp3) is 0.278. The Labute approximate surface area is 139 Å². The van der Waals surface area contributed by atoms with Gasteiger partial charge >= 0.3 is 5.97 Å². The van der Waals surface area contributed by atoms with Gasteiger partial charge in [0.15, 0.2) is 29.1 Å². The van der Waals surface area contributed by atoms with Crippen molar-refractivity contribution in [2.45, 2.75) is 6.10 Å². The van der Waals surface area contributed by atoms with Crippen molar-refractivity contribution in [3.8, 4) is 23.0 Å². The van der Waals surface area contributed by atoms with Gasteiger partial charge in [-0.1, -0.05) is 12.1 Å². The van der Waals surface area contributed by atoms with Crippen LogP contribution in [0.2, 0.25) is 0 Å². The summed E-state index contributed by atoms with van der Waals surface area (Å²) in [6.45, 7) is 0. The largest absolute Gasteiger partial charge is 0.493 e. The maximum absolute atomic E-state index is 12.4. The van der Waals surface area contributed by atoms with Gasteiger partial charge in [-0.25, -0.2) is 4.79 Å². The zero-order chi connectivity index (χ0) is 17.3. The number of hydrogen-bond acceptors (Lipinski definition) is 6. The summed E-state index contributed by atoms with van der Waals surface area (Å²) in [5, 5.41) is 0. The van der Waals surface area contributed by atoms with E-state index in [0.717, 1.165) is 11.1 Å². The van der Waals surface area contributed by atoms with Crippen LogP contribution in [0.3, 0.4) is 0 Å². The predicted molar refractivity (Wildman–Crippen MR) is 86.4 cm³/mol. The molecular formula is C18H18O6. The maximum atomic E-state index is 12.4. The van der Waals surface area contributed by atoms with Gasteiger partial charge < -0.3 is 23.7 Å². The number of esters is 1. The summed E-state index contributed by atoms with van der Waals surface area (Å²) in [6, 6.07) is 8.98. The van der Waals surface area contributed by atoms with Gasteiger partial charge in [0.2, 0.25) is 0 Å². The van der Waals surface area contributed by atoms with E-state index in [1.54, 1.807) is 32.4 Å². The number of carbonyl (C=O) groups is 1. The van der Waals surface area contributed by atoms with Crippen LogP contribution < -0.4 is 18.9 Å². The molecule has 0 aromatic heterocycles. The molecule has 0 bridgehead atoms. The Morgan fingerprint density at radius 2 is 1.50 bits per heavy atom. The van der Waals surface area contributed by atoms with Gasteiger partial charge in [0, 0.05) is 11.1 Å². The number of benzene rings is 2. The van der Waals surface area contributed by atoms with Gasteiger partial charge in [0.25, 0.3) is 0 Å². The van der Waals surface area contributed by atoms with E-state index >= 15 is 0 Å². The third-order valence-electron chi connectivity index (χ3n) is 4.00. The Bertz CT molecular complexity index is 783. The first kappa shape index (κ1) is 16.0. The number of carbonyl (C=O) groups excluding carboxylic acids is 1. The fourth-order valence-corrected chi connectivity index (χ4v) is 2.86. The van der Waals surface area contributed by atoms with E-state index in [0.29, 0.717) is 28.6 Å². The zero-order valence-corrected chi connectivity index (χ0v) is 13.9. The van der Waals surface area contributed by atoms with Crippen molar-refractivity contribution in [1.29, 1.82) is 0 Å². The summed E-state index contributed by atoms with van der Waals surface area (Å²) in [5.74, 6) is 1.60. The highest BCUT2D eigenvalue weighted by atomic mass is 16.6. The van der Waals surface area contributed by atoms with E-state index in [1.165, 1.54) is 14.2 Å². The molecule has 2 aromatic rings. The number of rotatable bonds is 5. The molecule has 0 saturated heterocycles. The summed E-state index contributed by atoms with van der Waals surface area (Å²) in [5.41, 5.74) is 1.90. The van der Waals surface area contributed by atoms with Crippen LogP contribution in [0, 0.1) is 0 Å². The summed E-state index contributed by atoms with van der Waals surface area (Å²) < 4.78 is 26.7. The molecule has 0 spiro atoms. The highest BCUT2D eigenvalue weighted by Gasteiger charge is 2.37. The van der Waals surface area contributed by atoms with Gasteiger partial charge in [-0.05, 0) is 18.2 Å². The van der Waals surface area contributed by atoms with Crippen LogP contribution in [-0.4, -0.2) is 34.4 Å². The van der Waals surface area contributed by atoms with Crippen molar-refractivity contribution in [3.05, 3.63) is 47.0 Å². The van der Waals surface area contributed by atoms with Crippen molar-refractivity contribution < 1.29 is 28.5 Å². The molecule has 0 radical (unpaired) electrons. The van der Waals surface area contributed by atoms with Crippen molar-refractivity contribution in [2.24, 2.45) is 0 Å². The number of ether oxygens (including phenoxy) is 5. The quantitative estimate of drug-likeness (QED) is 0.786. The van der Waals surface area contributed by atoms with E-state index in [-0.39, 0.29) is 0 Å². The van der Waals surface area contributed by atoms with Gasteiger partial charge in [0.05, 0.1) is 28.4 Å². The summed E-state index contributed by atoms with van der Waals surface area (Å²) in [4.78, 5) is 12.4. The molecule has 0 saturated carbocycles. The molecule has 1 aliphatic rings. The van der Waals surface area contributed by atoms with E-state index < -0.39 is 12.1 Å². The number of hydrogen-bond donors (Lipinski definition) is 0. The maximum Gasteiger partial charge on any atom is 0.343 e. The molecule has 6 nitrogen and oxygen atoms in total. The van der Waals surface area contributed by atoms with Crippen LogP contribution >= 0.6 is 0 Å². The molecule has 6 heteroatoms. The van der Waals surface area contributed by atoms with Crippen LogP contribution in [0.1, 0.15) is 27.6 Å². The van der Waals surface area contributed by atoms with Gasteiger partial charge in [-0.15, -0.1) is 0 Å². The molecule has 0 N–H and O–H groups in total. The number of methoxy groups -OCH3 is 4.